The van der Waals surface area contributed by atoms with Crippen LogP contribution in [0.5, 0.6) is 0 Å². The molecule has 0 unspecified atom stereocenters. The van der Waals surface area contributed by atoms with Crippen molar-refractivity contribution in [3.05, 3.63) is 35.9 Å². The number of nitrogens with two attached hydrogens (primary N) is 1. The van der Waals surface area contributed by atoms with Gasteiger partial charge >= 0.3 is 0 Å². The van der Waals surface area contributed by atoms with E-state index in [1.165, 1.54) is 0 Å². The fourth-order valence-electron chi connectivity index (χ4n) is 3.90. The number of hydrogen-bond donors (Lipinski definition) is 1. The Morgan fingerprint density at radius 3 is 2.68 bits per heavy atom. The number of nitrogens with zero attached hydrogens (tertiary/aromatic N) is 2. The number of fused-ring (bicyclic) bond motifs is 1. The molecule has 0 spiro atoms. The summed E-state index contributed by atoms with van der Waals surface area (Å²) in [4.78, 5) is 41.1. The second-order valence-corrected chi connectivity index (χ2v) is 6.90. The van der Waals surface area contributed by atoms with E-state index in [0.717, 1.165) is 6.42 Å². The van der Waals surface area contributed by atoms with Gasteiger partial charge in [0.25, 0.3) is 5.91 Å². The van der Waals surface area contributed by atoms with Crippen LogP contribution in [-0.2, 0) is 9.59 Å². The van der Waals surface area contributed by atoms with Crippen molar-refractivity contribution in [2.45, 2.75) is 44.3 Å². The molecule has 0 aliphatic carbocycles. The van der Waals surface area contributed by atoms with Crippen molar-refractivity contribution < 1.29 is 14.4 Å². The maximum atomic E-state index is 12.7. The van der Waals surface area contributed by atoms with Gasteiger partial charge in [-0.1, -0.05) is 31.5 Å². The minimum atomic E-state index is -0.470. The predicted octanol–water partition coefficient (Wildman–Crippen LogP) is 0.851. The van der Waals surface area contributed by atoms with E-state index in [-0.39, 0.29) is 42.6 Å². The Bertz CT molecular complexity index is 661. The molecule has 2 fully saturated rings. The predicted molar refractivity (Wildman–Crippen MR) is 94.1 cm³/mol. The topological polar surface area (TPSA) is 83.7 Å². The van der Waals surface area contributed by atoms with E-state index in [9.17, 15) is 14.4 Å². The van der Waals surface area contributed by atoms with E-state index in [1.54, 1.807) is 17.0 Å². The zero-order valence-corrected chi connectivity index (χ0v) is 14.6. The smallest absolute Gasteiger partial charge is 0.254 e. The molecular formula is C19H25N3O3. The molecule has 6 heteroatoms. The lowest BCUT2D eigenvalue weighted by atomic mass is 10.1. The van der Waals surface area contributed by atoms with Gasteiger partial charge in [0.15, 0.2) is 11.6 Å². The molecular weight excluding hydrogens is 318 g/mol. The molecule has 6 nitrogen and oxygen atoms in total. The second-order valence-electron chi connectivity index (χ2n) is 6.90. The Balaban J connectivity index is 1.69. The van der Waals surface area contributed by atoms with Crippen LogP contribution >= 0.6 is 0 Å². The maximum Gasteiger partial charge on any atom is 0.254 e. The van der Waals surface area contributed by atoms with Gasteiger partial charge in [-0.2, -0.15) is 0 Å². The maximum absolute atomic E-state index is 12.7. The first-order chi connectivity index (χ1) is 12.0. The van der Waals surface area contributed by atoms with Crippen LogP contribution in [0.4, 0.5) is 0 Å². The van der Waals surface area contributed by atoms with E-state index < -0.39 is 6.04 Å². The molecule has 0 saturated carbocycles. The number of Topliss-reactive ketones (excluding diaryl/α,β-unsaturated/α-hetero) is 2. The highest BCUT2D eigenvalue weighted by atomic mass is 16.2. The fraction of sp³-hybridized carbons (Fsp3) is 0.526. The van der Waals surface area contributed by atoms with Crippen molar-refractivity contribution >= 4 is 17.5 Å². The van der Waals surface area contributed by atoms with Gasteiger partial charge in [-0.3, -0.25) is 19.3 Å². The highest BCUT2D eigenvalue weighted by Crippen LogP contribution is 2.30. The van der Waals surface area contributed by atoms with Gasteiger partial charge < -0.3 is 10.6 Å². The Morgan fingerprint density at radius 2 is 2.00 bits per heavy atom. The lowest BCUT2D eigenvalue weighted by Gasteiger charge is -2.24. The number of carbonyl (C=O) groups excluding carboxylic acids is 3. The number of ketones is 2. The van der Waals surface area contributed by atoms with Gasteiger partial charge in [-0.05, 0) is 25.0 Å². The molecule has 2 aliphatic heterocycles. The first-order valence-electron chi connectivity index (χ1n) is 8.94. The molecule has 0 radical (unpaired) electrons. The lowest BCUT2D eigenvalue weighted by molar-refractivity contribution is -0.124. The summed E-state index contributed by atoms with van der Waals surface area (Å²) in [6.45, 7) is 2.95. The molecule has 2 heterocycles. The molecule has 3 rings (SSSR count). The van der Waals surface area contributed by atoms with Crippen molar-refractivity contribution in [2.24, 2.45) is 5.73 Å². The minimum Gasteiger partial charge on any atom is -0.326 e. The third-order valence-corrected chi connectivity index (χ3v) is 5.18. The number of amides is 1. The van der Waals surface area contributed by atoms with Gasteiger partial charge in [-0.25, -0.2) is 0 Å². The number of rotatable bonds is 6. The zero-order valence-electron chi connectivity index (χ0n) is 14.6. The summed E-state index contributed by atoms with van der Waals surface area (Å²) < 4.78 is 0. The molecule has 2 N–H and O–H groups in total. The molecule has 25 heavy (non-hydrogen) atoms. The van der Waals surface area contributed by atoms with Crippen LogP contribution in [0.1, 0.15) is 36.5 Å². The third kappa shape index (κ3) is 3.50. The number of hydrogen-bond acceptors (Lipinski definition) is 5. The zero-order chi connectivity index (χ0) is 18.0. The van der Waals surface area contributed by atoms with Crippen LogP contribution in [-0.4, -0.2) is 65.0 Å². The average Bonchev–Trinajstić information content (AvgIpc) is 3.17. The average molecular weight is 343 g/mol. The van der Waals surface area contributed by atoms with Crippen LogP contribution in [0, 0.1) is 0 Å². The van der Waals surface area contributed by atoms with Crippen molar-refractivity contribution in [2.75, 3.05) is 19.6 Å². The van der Waals surface area contributed by atoms with Crippen LogP contribution in [0.2, 0.25) is 0 Å². The molecule has 3 atom stereocenters. The molecule has 1 aromatic rings. The second kappa shape index (κ2) is 7.45. The first-order valence-corrected chi connectivity index (χ1v) is 8.94. The van der Waals surface area contributed by atoms with Gasteiger partial charge in [0.1, 0.15) is 0 Å². The van der Waals surface area contributed by atoms with Crippen molar-refractivity contribution in [3.63, 3.8) is 0 Å². The van der Waals surface area contributed by atoms with Crippen LogP contribution in [0.3, 0.4) is 0 Å². The summed E-state index contributed by atoms with van der Waals surface area (Å²) in [6, 6.07) is 8.04. The van der Waals surface area contributed by atoms with Crippen LogP contribution in [0.25, 0.3) is 0 Å². The highest BCUT2D eigenvalue weighted by molar-refractivity contribution is 6.01. The molecule has 2 aliphatic rings. The Labute approximate surface area is 148 Å². The van der Waals surface area contributed by atoms with Crippen LogP contribution < -0.4 is 5.73 Å². The van der Waals surface area contributed by atoms with Crippen molar-refractivity contribution in [1.82, 2.24) is 9.80 Å². The van der Waals surface area contributed by atoms with Crippen LogP contribution in [0.15, 0.2) is 30.3 Å². The van der Waals surface area contributed by atoms with E-state index >= 15 is 0 Å². The highest BCUT2D eigenvalue weighted by Gasteiger charge is 2.50. The Hall–Kier alpha value is -2.05. The summed E-state index contributed by atoms with van der Waals surface area (Å²) >= 11 is 0. The number of carbonyl (C=O) groups is 3. The minimum absolute atomic E-state index is 0.0173. The first kappa shape index (κ1) is 17.8. The fourth-order valence-corrected chi connectivity index (χ4v) is 3.90. The summed E-state index contributed by atoms with van der Waals surface area (Å²) in [6.07, 6.45) is 2.23. The van der Waals surface area contributed by atoms with E-state index in [2.05, 4.69) is 0 Å². The molecule has 0 aromatic heterocycles. The normalized spacial score (nSPS) is 24.4. The van der Waals surface area contributed by atoms with E-state index in [0.29, 0.717) is 24.9 Å². The summed E-state index contributed by atoms with van der Waals surface area (Å²) in [5, 5.41) is 0. The SMILES string of the molecule is CCC[C@H](N)C(=O)CN1CC[C@@H]2[C@H]1C(=O)CN2C(=O)c1ccccc1. The molecule has 1 aromatic carbocycles. The number of benzene rings is 1. The summed E-state index contributed by atoms with van der Waals surface area (Å²) in [7, 11) is 0. The van der Waals surface area contributed by atoms with Gasteiger partial charge in [-0.15, -0.1) is 0 Å². The lowest BCUT2D eigenvalue weighted by Crippen LogP contribution is -2.46. The molecule has 2 saturated heterocycles. The standard InChI is InChI=1S/C19H25N3O3/c1-2-6-14(20)16(23)11-21-10-9-15-18(21)17(24)12-22(15)19(25)13-7-4-3-5-8-13/h3-5,7-8,14-15,18H,2,6,9-12,20H2,1H3/t14-,15+,18-/m0/s1. The molecule has 0 bridgehead atoms. The van der Waals surface area contributed by atoms with E-state index in [4.69, 9.17) is 5.73 Å². The third-order valence-electron chi connectivity index (χ3n) is 5.18. The van der Waals surface area contributed by atoms with Gasteiger partial charge in [0.05, 0.1) is 31.2 Å². The molecule has 134 valence electrons. The largest absolute Gasteiger partial charge is 0.326 e. The molecule has 1 amide bonds. The summed E-state index contributed by atoms with van der Waals surface area (Å²) in [5.41, 5.74) is 6.50. The van der Waals surface area contributed by atoms with Gasteiger partial charge in [0, 0.05) is 12.1 Å². The Morgan fingerprint density at radius 1 is 1.28 bits per heavy atom. The van der Waals surface area contributed by atoms with Gasteiger partial charge in [0.2, 0.25) is 0 Å². The van der Waals surface area contributed by atoms with E-state index in [1.807, 2.05) is 30.0 Å². The van der Waals surface area contributed by atoms with Crippen molar-refractivity contribution in [1.29, 1.82) is 0 Å². The summed E-state index contributed by atoms with van der Waals surface area (Å²) in [5.74, 6) is -0.121. The Kier molecular flexibility index (Phi) is 5.30. The quantitative estimate of drug-likeness (QED) is 0.828. The van der Waals surface area contributed by atoms with Crippen molar-refractivity contribution in [3.8, 4) is 0 Å². The number of likely N-dealkylation sites (tertiary alicyclic amines) is 2. The monoisotopic (exact) mass is 343 g/mol.